The molecule has 1 atom stereocenters. The van der Waals surface area contributed by atoms with Crippen LogP contribution in [-0.4, -0.2) is 24.7 Å². The molecular formula is C17H21ClN2O. The molecule has 0 saturated carbocycles. The Bertz CT molecular complexity index is 574. The van der Waals surface area contributed by atoms with Crippen molar-refractivity contribution in [2.45, 2.75) is 19.4 Å². The summed E-state index contributed by atoms with van der Waals surface area (Å²) in [6, 6.07) is 10.7. The number of nitrogens with one attached hydrogen (secondary N) is 1. The number of benzene rings is 1. The average molecular weight is 305 g/mol. The van der Waals surface area contributed by atoms with E-state index in [0.29, 0.717) is 0 Å². The highest BCUT2D eigenvalue weighted by Crippen LogP contribution is 2.33. The first-order chi connectivity index (χ1) is 9.90. The van der Waals surface area contributed by atoms with Gasteiger partial charge in [-0.2, -0.15) is 0 Å². The highest BCUT2D eigenvalue weighted by molar-refractivity contribution is 5.85. The number of aromatic nitrogens is 1. The molecule has 3 nitrogen and oxygen atoms in total. The van der Waals surface area contributed by atoms with E-state index in [2.05, 4.69) is 47.6 Å². The quantitative estimate of drug-likeness (QED) is 0.940. The largest absolute Gasteiger partial charge is 0.372 e. The molecule has 0 unspecified atom stereocenters. The fourth-order valence-electron chi connectivity index (χ4n) is 2.82. The van der Waals surface area contributed by atoms with Crippen LogP contribution in [0, 0.1) is 0 Å². The van der Waals surface area contributed by atoms with Gasteiger partial charge in [0, 0.05) is 18.9 Å². The lowest BCUT2D eigenvalue weighted by Gasteiger charge is -2.28. The zero-order valence-electron chi connectivity index (χ0n) is 12.2. The Kier molecular flexibility index (Phi) is 5.74. The summed E-state index contributed by atoms with van der Waals surface area (Å²) in [6.07, 6.45) is 4.85. The average Bonchev–Trinajstić information content (AvgIpc) is 2.53. The van der Waals surface area contributed by atoms with Crippen molar-refractivity contribution in [1.29, 1.82) is 0 Å². The zero-order valence-corrected chi connectivity index (χ0v) is 13.0. The van der Waals surface area contributed by atoms with E-state index in [1.54, 1.807) is 0 Å². The molecule has 0 radical (unpaired) electrons. The van der Waals surface area contributed by atoms with E-state index in [0.717, 1.165) is 26.1 Å². The molecule has 112 valence electrons. The normalized spacial score (nSPS) is 16.9. The van der Waals surface area contributed by atoms with Crippen LogP contribution in [0.15, 0.2) is 42.7 Å². The summed E-state index contributed by atoms with van der Waals surface area (Å²) in [5.74, 6) is 0. The first-order valence-corrected chi connectivity index (χ1v) is 7.24. The van der Waals surface area contributed by atoms with Gasteiger partial charge in [-0.3, -0.25) is 4.98 Å². The molecule has 1 aliphatic rings. The Hall–Kier alpha value is -1.42. The Morgan fingerprint density at radius 3 is 2.81 bits per heavy atom. The van der Waals surface area contributed by atoms with Gasteiger partial charge in [0.2, 0.25) is 0 Å². The molecule has 0 fully saturated rings. The van der Waals surface area contributed by atoms with Crippen molar-refractivity contribution in [3.63, 3.8) is 0 Å². The lowest BCUT2D eigenvalue weighted by molar-refractivity contribution is 0.0431. The van der Waals surface area contributed by atoms with Gasteiger partial charge in [-0.1, -0.05) is 25.1 Å². The molecule has 4 heteroatoms. The molecule has 0 amide bonds. The fourth-order valence-corrected chi connectivity index (χ4v) is 2.82. The number of ether oxygens (including phenoxy) is 1. The lowest BCUT2D eigenvalue weighted by Crippen LogP contribution is -2.27. The number of nitrogens with zero attached hydrogens (tertiary/aromatic N) is 1. The van der Waals surface area contributed by atoms with E-state index in [9.17, 15) is 0 Å². The van der Waals surface area contributed by atoms with Crippen molar-refractivity contribution >= 4 is 12.4 Å². The first kappa shape index (κ1) is 16.0. The molecule has 1 aromatic heterocycles. The number of hydrogen-bond acceptors (Lipinski definition) is 3. The second-order valence-electron chi connectivity index (χ2n) is 5.03. The molecule has 3 rings (SSSR count). The molecule has 0 spiro atoms. The molecule has 1 aromatic carbocycles. The van der Waals surface area contributed by atoms with E-state index < -0.39 is 0 Å². The highest BCUT2D eigenvalue weighted by Gasteiger charge is 2.22. The number of likely N-dealkylation sites (N-methyl/N-ethyl adjacent to an activating group) is 1. The maximum Gasteiger partial charge on any atom is 0.0952 e. The molecule has 21 heavy (non-hydrogen) atoms. The summed E-state index contributed by atoms with van der Waals surface area (Å²) in [7, 11) is 0. The maximum atomic E-state index is 5.92. The summed E-state index contributed by atoms with van der Waals surface area (Å²) in [4.78, 5) is 4.10. The third kappa shape index (κ3) is 3.43. The zero-order chi connectivity index (χ0) is 13.8. The molecule has 0 saturated heterocycles. The van der Waals surface area contributed by atoms with Crippen LogP contribution in [0.25, 0.3) is 11.1 Å². The molecular weight excluding hydrogens is 284 g/mol. The van der Waals surface area contributed by atoms with E-state index in [-0.39, 0.29) is 18.5 Å². The SMILES string of the molecule is CCNC[C@@H]1OCCc2c(-c3ccncc3)cccc21.Cl. The third-order valence-electron chi connectivity index (χ3n) is 3.80. The number of fused-ring (bicyclic) bond motifs is 1. The molecule has 0 aliphatic carbocycles. The van der Waals surface area contributed by atoms with Crippen molar-refractivity contribution in [1.82, 2.24) is 10.3 Å². The van der Waals surface area contributed by atoms with Crippen molar-refractivity contribution in [2.24, 2.45) is 0 Å². The van der Waals surface area contributed by atoms with E-state index >= 15 is 0 Å². The van der Waals surface area contributed by atoms with Crippen LogP contribution >= 0.6 is 12.4 Å². The molecule has 2 aromatic rings. The maximum absolute atomic E-state index is 5.92. The lowest BCUT2D eigenvalue weighted by atomic mass is 9.90. The topological polar surface area (TPSA) is 34.1 Å². The van der Waals surface area contributed by atoms with Gasteiger partial charge in [-0.15, -0.1) is 12.4 Å². The minimum atomic E-state index is 0. The second kappa shape index (κ2) is 7.55. The van der Waals surface area contributed by atoms with E-state index in [1.165, 1.54) is 22.3 Å². The monoisotopic (exact) mass is 304 g/mol. The van der Waals surface area contributed by atoms with Crippen LogP contribution in [-0.2, 0) is 11.2 Å². The van der Waals surface area contributed by atoms with Gasteiger partial charge in [0.15, 0.2) is 0 Å². The van der Waals surface area contributed by atoms with Crippen molar-refractivity contribution in [2.75, 3.05) is 19.7 Å². The molecule has 2 heterocycles. The van der Waals surface area contributed by atoms with Crippen LogP contribution < -0.4 is 5.32 Å². The van der Waals surface area contributed by atoms with Crippen LogP contribution in [0.4, 0.5) is 0 Å². The second-order valence-corrected chi connectivity index (χ2v) is 5.03. The predicted molar refractivity (Wildman–Crippen MR) is 87.9 cm³/mol. The first-order valence-electron chi connectivity index (χ1n) is 7.24. The van der Waals surface area contributed by atoms with Crippen molar-refractivity contribution in [3.8, 4) is 11.1 Å². The Morgan fingerprint density at radius 2 is 2.05 bits per heavy atom. The minimum absolute atomic E-state index is 0. The van der Waals surface area contributed by atoms with Gasteiger partial charge < -0.3 is 10.1 Å². The highest BCUT2D eigenvalue weighted by atomic mass is 35.5. The van der Waals surface area contributed by atoms with Gasteiger partial charge in [0.05, 0.1) is 12.7 Å². The molecule has 1 aliphatic heterocycles. The summed E-state index contributed by atoms with van der Waals surface area (Å²) >= 11 is 0. The predicted octanol–water partition coefficient (Wildman–Crippen LogP) is 3.39. The standard InChI is InChI=1S/C17H20N2O.ClH/c1-2-18-12-17-16-5-3-4-14(15(16)8-11-20-17)13-6-9-19-10-7-13;/h3-7,9-10,17-18H,2,8,11-12H2,1H3;1H/t17-;/m0./s1. The molecule has 1 N–H and O–H groups in total. The van der Waals surface area contributed by atoms with Crippen molar-refractivity contribution < 1.29 is 4.74 Å². The summed E-state index contributed by atoms with van der Waals surface area (Å²) < 4.78 is 5.92. The summed E-state index contributed by atoms with van der Waals surface area (Å²) in [6.45, 7) is 4.77. The summed E-state index contributed by atoms with van der Waals surface area (Å²) in [5.41, 5.74) is 5.30. The Labute approximate surface area is 132 Å². The number of rotatable bonds is 4. The van der Waals surface area contributed by atoms with Crippen LogP contribution in [0.5, 0.6) is 0 Å². The van der Waals surface area contributed by atoms with Gasteiger partial charge in [0.25, 0.3) is 0 Å². The number of pyridine rings is 1. The number of halogens is 1. The van der Waals surface area contributed by atoms with Gasteiger partial charge >= 0.3 is 0 Å². The van der Waals surface area contributed by atoms with Crippen molar-refractivity contribution in [3.05, 3.63) is 53.9 Å². The van der Waals surface area contributed by atoms with E-state index in [1.807, 2.05) is 12.4 Å². The minimum Gasteiger partial charge on any atom is -0.372 e. The smallest absolute Gasteiger partial charge is 0.0952 e. The Balaban J connectivity index is 0.00000161. The van der Waals surface area contributed by atoms with Crippen LogP contribution in [0.2, 0.25) is 0 Å². The third-order valence-corrected chi connectivity index (χ3v) is 3.80. The number of hydrogen-bond donors (Lipinski definition) is 1. The van der Waals surface area contributed by atoms with Gasteiger partial charge in [-0.05, 0) is 47.4 Å². The van der Waals surface area contributed by atoms with Gasteiger partial charge in [0.1, 0.15) is 0 Å². The van der Waals surface area contributed by atoms with Gasteiger partial charge in [-0.25, -0.2) is 0 Å². The Morgan fingerprint density at radius 1 is 1.24 bits per heavy atom. The van der Waals surface area contributed by atoms with Crippen LogP contribution in [0.3, 0.4) is 0 Å². The summed E-state index contributed by atoms with van der Waals surface area (Å²) in [5, 5.41) is 3.38. The van der Waals surface area contributed by atoms with E-state index in [4.69, 9.17) is 4.74 Å². The fraction of sp³-hybridized carbons (Fsp3) is 0.353. The van der Waals surface area contributed by atoms with Crippen LogP contribution in [0.1, 0.15) is 24.2 Å². The molecule has 0 bridgehead atoms.